The molecule has 3 N–H and O–H groups in total. The van der Waals surface area contributed by atoms with Crippen molar-refractivity contribution in [1.82, 2.24) is 10.4 Å². The predicted molar refractivity (Wildman–Crippen MR) is 77.3 cm³/mol. The summed E-state index contributed by atoms with van der Waals surface area (Å²) in [5.41, 5.74) is 3.82. The number of nitrogens with two attached hydrogens (primary N) is 1. The van der Waals surface area contributed by atoms with Crippen LogP contribution >= 0.6 is 0 Å². The van der Waals surface area contributed by atoms with Crippen molar-refractivity contribution >= 4 is 10.9 Å². The van der Waals surface area contributed by atoms with Crippen molar-refractivity contribution in [3.63, 3.8) is 0 Å². The number of rotatable bonds is 3. The van der Waals surface area contributed by atoms with Gasteiger partial charge in [0.25, 0.3) is 0 Å². The lowest BCUT2D eigenvalue weighted by Gasteiger charge is -2.19. The molecule has 3 nitrogen and oxygen atoms in total. The number of pyridine rings is 1. The lowest BCUT2D eigenvalue weighted by molar-refractivity contribution is 0.512. The Morgan fingerprint density at radius 2 is 1.67 bits per heavy atom. The number of hydrogen-bond donors (Lipinski definition) is 2. The molecule has 0 aliphatic rings. The third-order valence-corrected chi connectivity index (χ3v) is 3.45. The maximum atomic E-state index is 14.0. The molecule has 1 atom stereocenters. The summed E-state index contributed by atoms with van der Waals surface area (Å²) in [5.74, 6) is 4.28. The molecule has 0 saturated heterocycles. The first-order chi connectivity index (χ1) is 10.2. The summed E-state index contributed by atoms with van der Waals surface area (Å²) in [6.45, 7) is 0. The van der Waals surface area contributed by atoms with Crippen molar-refractivity contribution in [2.45, 2.75) is 6.04 Å². The molecular weight excluding hydrogens is 272 g/mol. The molecule has 0 spiro atoms. The third kappa shape index (κ3) is 2.37. The zero-order valence-electron chi connectivity index (χ0n) is 11.1. The highest BCUT2D eigenvalue weighted by Gasteiger charge is 2.22. The summed E-state index contributed by atoms with van der Waals surface area (Å²) in [5, 5.41) is 0.797. The van der Waals surface area contributed by atoms with Crippen molar-refractivity contribution < 1.29 is 8.78 Å². The van der Waals surface area contributed by atoms with E-state index in [0.29, 0.717) is 5.56 Å². The van der Waals surface area contributed by atoms with Gasteiger partial charge in [0.05, 0.1) is 11.6 Å². The third-order valence-electron chi connectivity index (χ3n) is 3.45. The highest BCUT2D eigenvalue weighted by atomic mass is 19.1. The van der Waals surface area contributed by atoms with Gasteiger partial charge in [-0.2, -0.15) is 0 Å². The molecule has 0 radical (unpaired) electrons. The average Bonchev–Trinajstić information content (AvgIpc) is 2.51. The van der Waals surface area contributed by atoms with Crippen molar-refractivity contribution in [3.8, 4) is 0 Å². The van der Waals surface area contributed by atoms with Crippen LogP contribution in [0.15, 0.2) is 54.7 Å². The van der Waals surface area contributed by atoms with Gasteiger partial charge in [-0.3, -0.25) is 10.8 Å². The van der Waals surface area contributed by atoms with E-state index in [1.807, 2.05) is 24.3 Å². The number of fused-ring (bicyclic) bond motifs is 1. The van der Waals surface area contributed by atoms with Gasteiger partial charge in [0.2, 0.25) is 0 Å². The molecule has 1 heterocycles. The standard InChI is InChI=1S/C16H13F2N3/c17-12-5-3-6-13(18)15(12)16(21-19)11-8-9-20-14-7-2-1-4-10(11)14/h1-9,16,21H,19H2. The van der Waals surface area contributed by atoms with Gasteiger partial charge < -0.3 is 0 Å². The van der Waals surface area contributed by atoms with Crippen LogP contribution in [-0.2, 0) is 0 Å². The minimum absolute atomic E-state index is 0.101. The predicted octanol–water partition coefficient (Wildman–Crippen LogP) is 3.07. The van der Waals surface area contributed by atoms with Gasteiger partial charge in [-0.25, -0.2) is 14.2 Å². The fourth-order valence-corrected chi connectivity index (χ4v) is 2.48. The second kappa shape index (κ2) is 5.55. The molecule has 106 valence electrons. The van der Waals surface area contributed by atoms with E-state index in [0.717, 1.165) is 10.9 Å². The number of nitrogens with one attached hydrogen (secondary N) is 1. The van der Waals surface area contributed by atoms with Gasteiger partial charge in [0, 0.05) is 17.1 Å². The quantitative estimate of drug-likeness (QED) is 0.574. The van der Waals surface area contributed by atoms with E-state index in [1.165, 1.54) is 18.2 Å². The molecule has 0 aliphatic heterocycles. The summed E-state index contributed by atoms with van der Waals surface area (Å²) in [6, 6.07) is 12.1. The van der Waals surface area contributed by atoms with Crippen LogP contribution < -0.4 is 11.3 Å². The minimum atomic E-state index is -0.793. The molecule has 0 amide bonds. The normalized spacial score (nSPS) is 12.5. The van der Waals surface area contributed by atoms with Gasteiger partial charge in [-0.15, -0.1) is 0 Å². The number of para-hydroxylation sites is 1. The molecule has 0 saturated carbocycles. The highest BCUT2D eigenvalue weighted by Crippen LogP contribution is 2.30. The Balaban J connectivity index is 2.24. The maximum absolute atomic E-state index is 14.0. The Bertz CT molecular complexity index is 764. The van der Waals surface area contributed by atoms with Gasteiger partial charge in [-0.1, -0.05) is 24.3 Å². The lowest BCUT2D eigenvalue weighted by atomic mass is 9.95. The minimum Gasteiger partial charge on any atom is -0.271 e. The Kier molecular flexibility index (Phi) is 3.60. The second-order valence-electron chi connectivity index (χ2n) is 4.65. The van der Waals surface area contributed by atoms with Crippen LogP contribution in [0.5, 0.6) is 0 Å². The molecule has 1 unspecified atom stereocenters. The van der Waals surface area contributed by atoms with Gasteiger partial charge in [0.1, 0.15) is 11.6 Å². The smallest absolute Gasteiger partial charge is 0.131 e. The van der Waals surface area contributed by atoms with Crippen LogP contribution in [0.4, 0.5) is 8.78 Å². The molecule has 0 aliphatic carbocycles. The van der Waals surface area contributed by atoms with Gasteiger partial charge >= 0.3 is 0 Å². The van der Waals surface area contributed by atoms with Crippen molar-refractivity contribution in [3.05, 3.63) is 77.5 Å². The topological polar surface area (TPSA) is 50.9 Å². The monoisotopic (exact) mass is 285 g/mol. The van der Waals surface area contributed by atoms with Crippen LogP contribution in [0.1, 0.15) is 17.2 Å². The summed E-state index contributed by atoms with van der Waals surface area (Å²) in [4.78, 5) is 4.24. The van der Waals surface area contributed by atoms with Gasteiger partial charge in [0.15, 0.2) is 0 Å². The fourth-order valence-electron chi connectivity index (χ4n) is 2.48. The van der Waals surface area contributed by atoms with Crippen LogP contribution in [0, 0.1) is 11.6 Å². The molecule has 3 aromatic rings. The summed E-state index contributed by atoms with van der Waals surface area (Å²) in [6.07, 6.45) is 1.60. The van der Waals surface area contributed by atoms with Crippen LogP contribution in [0.2, 0.25) is 0 Å². The van der Waals surface area contributed by atoms with Crippen LogP contribution in [0.25, 0.3) is 10.9 Å². The fraction of sp³-hybridized carbons (Fsp3) is 0.0625. The van der Waals surface area contributed by atoms with Crippen molar-refractivity contribution in [2.75, 3.05) is 0 Å². The molecule has 0 fully saturated rings. The van der Waals surface area contributed by atoms with Gasteiger partial charge in [-0.05, 0) is 29.8 Å². The number of benzene rings is 2. The molecular formula is C16H13F2N3. The molecule has 3 rings (SSSR count). The Hall–Kier alpha value is -2.37. The number of halogens is 2. The van der Waals surface area contributed by atoms with E-state index in [-0.39, 0.29) is 5.56 Å². The van der Waals surface area contributed by atoms with E-state index in [1.54, 1.807) is 12.3 Å². The zero-order chi connectivity index (χ0) is 14.8. The maximum Gasteiger partial charge on any atom is 0.131 e. The number of hydrogen-bond acceptors (Lipinski definition) is 3. The van der Waals surface area contributed by atoms with E-state index >= 15 is 0 Å². The first-order valence-corrected chi connectivity index (χ1v) is 6.46. The summed E-state index contributed by atoms with van der Waals surface area (Å²) >= 11 is 0. The molecule has 0 bridgehead atoms. The summed E-state index contributed by atoms with van der Waals surface area (Å²) in [7, 11) is 0. The Labute approximate surface area is 120 Å². The highest BCUT2D eigenvalue weighted by molar-refractivity contribution is 5.82. The Morgan fingerprint density at radius 1 is 0.952 bits per heavy atom. The number of hydrazine groups is 1. The average molecular weight is 285 g/mol. The van der Waals surface area contributed by atoms with E-state index in [2.05, 4.69) is 10.4 Å². The van der Waals surface area contributed by atoms with Crippen molar-refractivity contribution in [2.24, 2.45) is 5.84 Å². The zero-order valence-corrected chi connectivity index (χ0v) is 11.1. The number of aromatic nitrogens is 1. The van der Waals surface area contributed by atoms with Crippen LogP contribution in [-0.4, -0.2) is 4.98 Å². The molecule has 5 heteroatoms. The first-order valence-electron chi connectivity index (χ1n) is 6.46. The summed E-state index contributed by atoms with van der Waals surface area (Å²) < 4.78 is 28.0. The Morgan fingerprint density at radius 3 is 2.38 bits per heavy atom. The largest absolute Gasteiger partial charge is 0.271 e. The number of nitrogens with zero attached hydrogens (tertiary/aromatic N) is 1. The second-order valence-corrected chi connectivity index (χ2v) is 4.65. The molecule has 21 heavy (non-hydrogen) atoms. The van der Waals surface area contributed by atoms with E-state index in [4.69, 9.17) is 5.84 Å². The van der Waals surface area contributed by atoms with Crippen molar-refractivity contribution in [1.29, 1.82) is 0 Å². The molecule has 1 aromatic heterocycles. The van der Waals surface area contributed by atoms with Crippen LogP contribution in [0.3, 0.4) is 0 Å². The van der Waals surface area contributed by atoms with E-state index in [9.17, 15) is 8.78 Å². The first kappa shape index (κ1) is 13.6. The molecule has 2 aromatic carbocycles. The van der Waals surface area contributed by atoms with E-state index < -0.39 is 17.7 Å². The lowest BCUT2D eigenvalue weighted by Crippen LogP contribution is -2.30. The SMILES string of the molecule is NNC(c1c(F)cccc1F)c1ccnc2ccccc12.